The molecule has 1 atom stereocenters. The molecule has 0 aliphatic rings. The Morgan fingerprint density at radius 3 is 2.25 bits per heavy atom. The Morgan fingerprint density at radius 2 is 1.62 bits per heavy atom. The number of hydrogen-bond acceptors (Lipinski definition) is 4. The van der Waals surface area contributed by atoms with Crippen molar-refractivity contribution in [3.63, 3.8) is 0 Å². The van der Waals surface area contributed by atoms with Gasteiger partial charge in [0.1, 0.15) is 17.5 Å². The van der Waals surface area contributed by atoms with Crippen LogP contribution >= 0.6 is 0 Å². The maximum atomic E-state index is 11.9. The number of carbonyl (C=O) groups excluding carboxylic acids is 2. The van der Waals surface area contributed by atoms with Crippen molar-refractivity contribution in [1.29, 1.82) is 0 Å². The standard InChI is InChI=1S/C18H21N3O3/c1-3-19-18(23)21-17(22)13(2)20-14-9-11-16(12-10-14)24-15-7-5-4-6-8-15/h4-13,20H,3H2,1-2H3,(H2,19,21,22,23). The lowest BCUT2D eigenvalue weighted by Crippen LogP contribution is -2.45. The van der Waals surface area contributed by atoms with Crippen molar-refractivity contribution in [2.75, 3.05) is 11.9 Å². The predicted octanol–water partition coefficient (Wildman–Crippen LogP) is 3.13. The number of hydrogen-bond donors (Lipinski definition) is 3. The van der Waals surface area contributed by atoms with E-state index in [9.17, 15) is 9.59 Å². The minimum Gasteiger partial charge on any atom is -0.457 e. The van der Waals surface area contributed by atoms with E-state index in [1.807, 2.05) is 54.6 Å². The highest BCUT2D eigenvalue weighted by atomic mass is 16.5. The molecule has 3 N–H and O–H groups in total. The molecule has 0 heterocycles. The first-order valence-electron chi connectivity index (χ1n) is 7.76. The van der Waals surface area contributed by atoms with Gasteiger partial charge in [-0.05, 0) is 50.2 Å². The number of benzene rings is 2. The van der Waals surface area contributed by atoms with Gasteiger partial charge >= 0.3 is 6.03 Å². The normalized spacial score (nSPS) is 11.2. The molecule has 2 aromatic rings. The third-order valence-corrected chi connectivity index (χ3v) is 3.18. The number of urea groups is 1. The minimum absolute atomic E-state index is 0.398. The first-order valence-corrected chi connectivity index (χ1v) is 7.76. The van der Waals surface area contributed by atoms with E-state index in [0.717, 1.165) is 11.4 Å². The number of imide groups is 1. The molecular weight excluding hydrogens is 306 g/mol. The molecule has 2 aromatic carbocycles. The summed E-state index contributed by atoms with van der Waals surface area (Å²) in [6.07, 6.45) is 0. The van der Waals surface area contributed by atoms with Crippen molar-refractivity contribution in [3.8, 4) is 11.5 Å². The number of rotatable bonds is 6. The van der Waals surface area contributed by atoms with Gasteiger partial charge in [-0.2, -0.15) is 0 Å². The fraction of sp³-hybridized carbons (Fsp3) is 0.222. The third kappa shape index (κ3) is 5.31. The van der Waals surface area contributed by atoms with Crippen molar-refractivity contribution >= 4 is 17.6 Å². The van der Waals surface area contributed by atoms with Crippen molar-refractivity contribution in [2.45, 2.75) is 19.9 Å². The summed E-state index contributed by atoms with van der Waals surface area (Å²) < 4.78 is 5.71. The molecule has 0 saturated carbocycles. The predicted molar refractivity (Wildman–Crippen MR) is 93.3 cm³/mol. The highest BCUT2D eigenvalue weighted by molar-refractivity contribution is 5.97. The van der Waals surface area contributed by atoms with Crippen LogP contribution in [0.2, 0.25) is 0 Å². The summed E-state index contributed by atoms with van der Waals surface area (Å²) in [4.78, 5) is 23.2. The molecule has 0 fully saturated rings. The van der Waals surface area contributed by atoms with E-state index in [2.05, 4.69) is 16.0 Å². The van der Waals surface area contributed by atoms with E-state index in [4.69, 9.17) is 4.74 Å². The van der Waals surface area contributed by atoms with Gasteiger partial charge in [0.15, 0.2) is 0 Å². The molecule has 0 spiro atoms. The SMILES string of the molecule is CCNC(=O)NC(=O)C(C)Nc1ccc(Oc2ccccc2)cc1. The highest BCUT2D eigenvalue weighted by Crippen LogP contribution is 2.22. The second kappa shape index (κ2) is 8.57. The summed E-state index contributed by atoms with van der Waals surface area (Å²) >= 11 is 0. The molecule has 0 aliphatic carbocycles. The van der Waals surface area contributed by atoms with Gasteiger partial charge in [-0.15, -0.1) is 0 Å². The van der Waals surface area contributed by atoms with E-state index < -0.39 is 18.0 Å². The van der Waals surface area contributed by atoms with Gasteiger partial charge in [0, 0.05) is 12.2 Å². The number of nitrogens with one attached hydrogen (secondary N) is 3. The number of ether oxygens (including phenoxy) is 1. The number of carbonyl (C=O) groups is 2. The molecule has 24 heavy (non-hydrogen) atoms. The summed E-state index contributed by atoms with van der Waals surface area (Å²) in [5.41, 5.74) is 0.758. The van der Waals surface area contributed by atoms with Gasteiger partial charge in [0.2, 0.25) is 5.91 Å². The number of para-hydroxylation sites is 1. The van der Waals surface area contributed by atoms with E-state index >= 15 is 0 Å². The summed E-state index contributed by atoms with van der Waals surface area (Å²) in [6.45, 7) is 3.93. The second-order valence-corrected chi connectivity index (χ2v) is 5.15. The van der Waals surface area contributed by atoms with Crippen LogP contribution in [0.4, 0.5) is 10.5 Å². The molecule has 1 unspecified atom stereocenters. The molecule has 6 nitrogen and oxygen atoms in total. The lowest BCUT2D eigenvalue weighted by molar-refractivity contribution is -0.120. The lowest BCUT2D eigenvalue weighted by Gasteiger charge is -2.15. The maximum Gasteiger partial charge on any atom is 0.321 e. The molecular formula is C18H21N3O3. The minimum atomic E-state index is -0.548. The summed E-state index contributed by atoms with van der Waals surface area (Å²) in [6, 6.07) is 15.7. The quantitative estimate of drug-likeness (QED) is 0.761. The fourth-order valence-corrected chi connectivity index (χ4v) is 1.98. The van der Waals surface area contributed by atoms with Gasteiger partial charge in [-0.25, -0.2) is 4.79 Å². The molecule has 0 radical (unpaired) electrons. The lowest BCUT2D eigenvalue weighted by atomic mass is 10.2. The Bertz CT molecular complexity index is 672. The van der Waals surface area contributed by atoms with Crippen LogP contribution in [0.15, 0.2) is 54.6 Å². The largest absolute Gasteiger partial charge is 0.457 e. The van der Waals surface area contributed by atoms with Crippen LogP contribution in [0, 0.1) is 0 Å². The monoisotopic (exact) mass is 327 g/mol. The Balaban J connectivity index is 1.89. The van der Waals surface area contributed by atoms with Crippen molar-refractivity contribution < 1.29 is 14.3 Å². The van der Waals surface area contributed by atoms with Crippen LogP contribution in [-0.2, 0) is 4.79 Å². The molecule has 6 heteroatoms. The molecule has 0 bridgehead atoms. The van der Waals surface area contributed by atoms with Crippen molar-refractivity contribution in [2.24, 2.45) is 0 Å². The third-order valence-electron chi connectivity index (χ3n) is 3.18. The molecule has 2 rings (SSSR count). The van der Waals surface area contributed by atoms with E-state index in [1.54, 1.807) is 13.8 Å². The average molecular weight is 327 g/mol. The van der Waals surface area contributed by atoms with Crippen LogP contribution < -0.4 is 20.7 Å². The second-order valence-electron chi connectivity index (χ2n) is 5.15. The first kappa shape index (κ1) is 17.3. The zero-order valence-corrected chi connectivity index (χ0v) is 13.7. The molecule has 0 aliphatic heterocycles. The summed E-state index contributed by atoms with van der Waals surface area (Å²) in [5.74, 6) is 1.06. The molecule has 3 amide bonds. The zero-order chi connectivity index (χ0) is 17.4. The topological polar surface area (TPSA) is 79.5 Å². The van der Waals surface area contributed by atoms with Crippen LogP contribution in [0.5, 0.6) is 11.5 Å². The Labute approximate surface area is 141 Å². The smallest absolute Gasteiger partial charge is 0.321 e. The summed E-state index contributed by atoms with van der Waals surface area (Å²) in [7, 11) is 0. The molecule has 126 valence electrons. The van der Waals surface area contributed by atoms with Crippen LogP contribution in [-0.4, -0.2) is 24.5 Å². The van der Waals surface area contributed by atoms with E-state index in [0.29, 0.717) is 12.3 Å². The van der Waals surface area contributed by atoms with Gasteiger partial charge in [-0.1, -0.05) is 18.2 Å². The van der Waals surface area contributed by atoms with Crippen LogP contribution in [0.25, 0.3) is 0 Å². The van der Waals surface area contributed by atoms with Crippen molar-refractivity contribution in [3.05, 3.63) is 54.6 Å². The first-order chi connectivity index (χ1) is 11.6. The Kier molecular flexibility index (Phi) is 6.19. The van der Waals surface area contributed by atoms with Gasteiger partial charge in [0.25, 0.3) is 0 Å². The van der Waals surface area contributed by atoms with Gasteiger partial charge in [0.05, 0.1) is 0 Å². The summed E-state index contributed by atoms with van der Waals surface area (Å²) in [5, 5.41) is 7.81. The molecule has 0 saturated heterocycles. The molecule has 0 aromatic heterocycles. The Morgan fingerprint density at radius 1 is 1.00 bits per heavy atom. The Hall–Kier alpha value is -3.02. The number of amides is 3. The average Bonchev–Trinajstić information content (AvgIpc) is 2.57. The zero-order valence-electron chi connectivity index (χ0n) is 13.7. The maximum absolute atomic E-state index is 11.9. The van der Waals surface area contributed by atoms with Crippen LogP contribution in [0.3, 0.4) is 0 Å². The van der Waals surface area contributed by atoms with E-state index in [-0.39, 0.29) is 0 Å². The van der Waals surface area contributed by atoms with Gasteiger partial charge < -0.3 is 15.4 Å². The van der Waals surface area contributed by atoms with E-state index in [1.165, 1.54) is 0 Å². The number of anilines is 1. The van der Waals surface area contributed by atoms with Gasteiger partial charge in [-0.3, -0.25) is 10.1 Å². The van der Waals surface area contributed by atoms with Crippen LogP contribution in [0.1, 0.15) is 13.8 Å². The fourth-order valence-electron chi connectivity index (χ4n) is 1.98. The van der Waals surface area contributed by atoms with Crippen molar-refractivity contribution in [1.82, 2.24) is 10.6 Å². The highest BCUT2D eigenvalue weighted by Gasteiger charge is 2.15.